The molecule has 1 aliphatic heterocycles. The van der Waals surface area contributed by atoms with Crippen LogP contribution in [0.4, 0.5) is 5.82 Å². The van der Waals surface area contributed by atoms with Gasteiger partial charge in [-0.25, -0.2) is 4.98 Å². The molecule has 0 amide bonds. The lowest BCUT2D eigenvalue weighted by Crippen LogP contribution is -2.35. The van der Waals surface area contributed by atoms with Gasteiger partial charge < -0.3 is 4.90 Å². The number of carbonyl (C=O) groups excluding carboxylic acids is 1. The standard InChI is InChI=1S/C15H20N2O/c1-11(18)13-6-7-15(16-10-13)17-9-8-12-4-2-3-5-14(12)17/h6-7,10,12,14H,2-5,8-9H2,1H3. The van der Waals surface area contributed by atoms with Crippen LogP contribution in [0.1, 0.15) is 49.4 Å². The fourth-order valence-corrected chi connectivity index (χ4v) is 3.45. The fraction of sp³-hybridized carbons (Fsp3) is 0.600. The number of aromatic nitrogens is 1. The summed E-state index contributed by atoms with van der Waals surface area (Å²) in [5.41, 5.74) is 0.707. The molecule has 0 bridgehead atoms. The van der Waals surface area contributed by atoms with E-state index in [1.807, 2.05) is 12.1 Å². The molecule has 2 aliphatic rings. The van der Waals surface area contributed by atoms with Gasteiger partial charge in [0.2, 0.25) is 0 Å². The molecular formula is C15H20N2O. The summed E-state index contributed by atoms with van der Waals surface area (Å²) in [5.74, 6) is 2.01. The largest absolute Gasteiger partial charge is 0.353 e. The lowest BCUT2D eigenvalue weighted by atomic mass is 9.85. The van der Waals surface area contributed by atoms with Crippen molar-refractivity contribution in [2.75, 3.05) is 11.4 Å². The number of anilines is 1. The Hall–Kier alpha value is -1.38. The number of hydrogen-bond donors (Lipinski definition) is 0. The maximum Gasteiger partial charge on any atom is 0.161 e. The van der Waals surface area contributed by atoms with Crippen LogP contribution >= 0.6 is 0 Å². The second-order valence-corrected chi connectivity index (χ2v) is 5.56. The SMILES string of the molecule is CC(=O)c1ccc(N2CCC3CCCCC32)nc1. The maximum atomic E-state index is 11.3. The zero-order valence-corrected chi connectivity index (χ0v) is 10.9. The van der Waals surface area contributed by atoms with Crippen LogP contribution in [-0.4, -0.2) is 23.4 Å². The van der Waals surface area contributed by atoms with Gasteiger partial charge in [0.15, 0.2) is 5.78 Å². The highest BCUT2D eigenvalue weighted by molar-refractivity contribution is 5.93. The Morgan fingerprint density at radius 2 is 2.11 bits per heavy atom. The van der Waals surface area contributed by atoms with Gasteiger partial charge in [0.1, 0.15) is 5.82 Å². The average Bonchev–Trinajstić information content (AvgIpc) is 2.82. The van der Waals surface area contributed by atoms with E-state index in [9.17, 15) is 4.79 Å². The Kier molecular flexibility index (Phi) is 3.06. The highest BCUT2D eigenvalue weighted by Gasteiger charge is 2.36. The molecule has 1 aliphatic carbocycles. The molecule has 0 radical (unpaired) electrons. The van der Waals surface area contributed by atoms with Crippen molar-refractivity contribution in [3.8, 4) is 0 Å². The summed E-state index contributed by atoms with van der Waals surface area (Å²) >= 11 is 0. The molecule has 3 rings (SSSR count). The van der Waals surface area contributed by atoms with Gasteiger partial charge in [0.25, 0.3) is 0 Å². The number of carbonyl (C=O) groups is 1. The molecule has 0 spiro atoms. The Morgan fingerprint density at radius 3 is 2.83 bits per heavy atom. The first-order chi connectivity index (χ1) is 8.75. The molecule has 2 heterocycles. The van der Waals surface area contributed by atoms with Crippen LogP contribution in [-0.2, 0) is 0 Å². The third kappa shape index (κ3) is 2.02. The van der Waals surface area contributed by atoms with E-state index >= 15 is 0 Å². The molecular weight excluding hydrogens is 224 g/mol. The summed E-state index contributed by atoms with van der Waals surface area (Å²) in [4.78, 5) is 18.2. The molecule has 0 aromatic carbocycles. The molecule has 1 aromatic heterocycles. The van der Waals surface area contributed by atoms with Gasteiger partial charge in [0.05, 0.1) is 0 Å². The molecule has 3 heteroatoms. The van der Waals surface area contributed by atoms with E-state index < -0.39 is 0 Å². The van der Waals surface area contributed by atoms with Crippen molar-refractivity contribution in [2.24, 2.45) is 5.92 Å². The minimum absolute atomic E-state index is 0.0889. The summed E-state index contributed by atoms with van der Waals surface area (Å²) < 4.78 is 0. The smallest absolute Gasteiger partial charge is 0.161 e. The minimum atomic E-state index is 0.0889. The first-order valence-corrected chi connectivity index (χ1v) is 6.99. The molecule has 1 saturated heterocycles. The molecule has 2 fully saturated rings. The van der Waals surface area contributed by atoms with Gasteiger partial charge >= 0.3 is 0 Å². The highest BCUT2D eigenvalue weighted by Crippen LogP contribution is 2.38. The zero-order valence-electron chi connectivity index (χ0n) is 10.9. The second kappa shape index (κ2) is 4.71. The maximum absolute atomic E-state index is 11.3. The van der Waals surface area contributed by atoms with Crippen LogP contribution < -0.4 is 4.90 Å². The molecule has 18 heavy (non-hydrogen) atoms. The van der Waals surface area contributed by atoms with Gasteiger partial charge in [-0.05, 0) is 44.2 Å². The van der Waals surface area contributed by atoms with Crippen molar-refractivity contribution >= 4 is 11.6 Å². The monoisotopic (exact) mass is 244 g/mol. The number of pyridine rings is 1. The number of ketones is 1. The van der Waals surface area contributed by atoms with E-state index in [0.29, 0.717) is 11.6 Å². The number of hydrogen-bond acceptors (Lipinski definition) is 3. The second-order valence-electron chi connectivity index (χ2n) is 5.56. The van der Waals surface area contributed by atoms with E-state index in [1.54, 1.807) is 13.1 Å². The molecule has 2 unspecified atom stereocenters. The minimum Gasteiger partial charge on any atom is -0.353 e. The number of fused-ring (bicyclic) bond motifs is 1. The zero-order chi connectivity index (χ0) is 12.5. The normalized spacial score (nSPS) is 27.1. The van der Waals surface area contributed by atoms with E-state index in [0.717, 1.165) is 18.3 Å². The van der Waals surface area contributed by atoms with Crippen molar-refractivity contribution < 1.29 is 4.79 Å². The molecule has 2 atom stereocenters. The average molecular weight is 244 g/mol. The molecule has 0 N–H and O–H groups in total. The molecule has 96 valence electrons. The van der Waals surface area contributed by atoms with Crippen LogP contribution in [0.25, 0.3) is 0 Å². The summed E-state index contributed by atoms with van der Waals surface area (Å²) in [7, 11) is 0. The fourth-order valence-electron chi connectivity index (χ4n) is 3.45. The van der Waals surface area contributed by atoms with Crippen molar-refractivity contribution in [1.82, 2.24) is 4.98 Å². The molecule has 1 saturated carbocycles. The van der Waals surface area contributed by atoms with Gasteiger partial charge in [-0.2, -0.15) is 0 Å². The predicted octanol–water partition coefficient (Wildman–Crippen LogP) is 3.05. The van der Waals surface area contributed by atoms with Crippen LogP contribution in [0.5, 0.6) is 0 Å². The Bertz CT molecular complexity index is 440. The van der Waals surface area contributed by atoms with Crippen molar-refractivity contribution in [1.29, 1.82) is 0 Å². The highest BCUT2D eigenvalue weighted by atomic mass is 16.1. The van der Waals surface area contributed by atoms with Crippen molar-refractivity contribution in [2.45, 2.75) is 45.1 Å². The van der Waals surface area contributed by atoms with Gasteiger partial charge in [-0.1, -0.05) is 12.8 Å². The van der Waals surface area contributed by atoms with Crippen LogP contribution in [0.2, 0.25) is 0 Å². The number of rotatable bonds is 2. The molecule has 3 nitrogen and oxygen atoms in total. The van der Waals surface area contributed by atoms with Crippen LogP contribution in [0.3, 0.4) is 0 Å². The van der Waals surface area contributed by atoms with E-state index in [4.69, 9.17) is 0 Å². The topological polar surface area (TPSA) is 33.2 Å². The van der Waals surface area contributed by atoms with Crippen molar-refractivity contribution in [3.05, 3.63) is 23.9 Å². The van der Waals surface area contributed by atoms with Crippen molar-refractivity contribution in [3.63, 3.8) is 0 Å². The van der Waals surface area contributed by atoms with Crippen LogP contribution in [0.15, 0.2) is 18.3 Å². The third-order valence-corrected chi connectivity index (χ3v) is 4.46. The van der Waals surface area contributed by atoms with E-state index in [1.165, 1.54) is 32.1 Å². The van der Waals surface area contributed by atoms with Gasteiger partial charge in [0, 0.05) is 24.3 Å². The first-order valence-electron chi connectivity index (χ1n) is 6.99. The Labute approximate surface area is 108 Å². The summed E-state index contributed by atoms with van der Waals surface area (Å²) in [6.45, 7) is 2.71. The van der Waals surface area contributed by atoms with E-state index in [-0.39, 0.29) is 5.78 Å². The number of Topliss-reactive ketones (excluding diaryl/α,β-unsaturated/α-hetero) is 1. The summed E-state index contributed by atoms with van der Waals surface area (Å²) in [6, 6.07) is 4.60. The van der Waals surface area contributed by atoms with Gasteiger partial charge in [-0.3, -0.25) is 4.79 Å². The van der Waals surface area contributed by atoms with E-state index in [2.05, 4.69) is 9.88 Å². The Morgan fingerprint density at radius 1 is 1.28 bits per heavy atom. The Balaban J connectivity index is 1.80. The summed E-state index contributed by atoms with van der Waals surface area (Å²) in [5, 5.41) is 0. The first kappa shape index (κ1) is 11.7. The van der Waals surface area contributed by atoms with Crippen LogP contribution in [0, 0.1) is 5.92 Å². The quantitative estimate of drug-likeness (QED) is 0.750. The summed E-state index contributed by atoms with van der Waals surface area (Å²) in [6.07, 6.45) is 8.46. The predicted molar refractivity (Wildman–Crippen MR) is 72.0 cm³/mol. The lowest BCUT2D eigenvalue weighted by Gasteiger charge is -2.32. The lowest BCUT2D eigenvalue weighted by molar-refractivity contribution is 0.101. The number of nitrogens with zero attached hydrogens (tertiary/aromatic N) is 2. The van der Waals surface area contributed by atoms with Gasteiger partial charge in [-0.15, -0.1) is 0 Å². The third-order valence-electron chi connectivity index (χ3n) is 4.46. The molecule has 1 aromatic rings.